The Hall–Kier alpha value is -2.92. The molecule has 2 amide bonds. The van der Waals surface area contributed by atoms with Crippen molar-refractivity contribution in [2.75, 3.05) is 17.7 Å². The molecule has 0 saturated carbocycles. The van der Waals surface area contributed by atoms with Gasteiger partial charge in [-0.3, -0.25) is 9.59 Å². The third-order valence-corrected chi connectivity index (χ3v) is 5.75. The normalized spacial score (nSPS) is 11.7. The highest BCUT2D eigenvalue weighted by Gasteiger charge is 2.20. The number of thioether (sulfide) groups is 1. The van der Waals surface area contributed by atoms with Crippen molar-refractivity contribution >= 4 is 45.7 Å². The molecule has 0 bridgehead atoms. The van der Waals surface area contributed by atoms with E-state index in [0.717, 1.165) is 0 Å². The lowest BCUT2D eigenvalue weighted by molar-refractivity contribution is -0.116. The molecular weight excluding hydrogens is 412 g/mol. The van der Waals surface area contributed by atoms with Crippen LogP contribution in [0.5, 0.6) is 5.75 Å². The second-order valence-corrected chi connectivity index (χ2v) is 8.20. The molecule has 2 aromatic heterocycles. The van der Waals surface area contributed by atoms with E-state index in [4.69, 9.17) is 4.74 Å². The molecule has 0 aliphatic carbocycles. The van der Waals surface area contributed by atoms with Crippen molar-refractivity contribution in [3.05, 3.63) is 41.7 Å². The van der Waals surface area contributed by atoms with E-state index in [2.05, 4.69) is 25.8 Å². The Morgan fingerprint density at radius 2 is 2.00 bits per heavy atom. The number of hydrogen-bond acceptors (Lipinski definition) is 8. The van der Waals surface area contributed by atoms with Crippen LogP contribution in [0, 0.1) is 0 Å². The standard InChI is InChI=1S/C18H20N6O3S2/c1-11(16(26)21-17-19-8-9-28-17)29-18-23-22-14(24(18)2)10-15(25)20-12-4-6-13(27-3)7-5-12/h4-9,11H,10H2,1-3H3,(H,20,25)(H,19,21,26)/t11-/m1/s1. The third-order valence-electron chi connectivity index (χ3n) is 3.93. The summed E-state index contributed by atoms with van der Waals surface area (Å²) in [6.07, 6.45) is 1.69. The highest BCUT2D eigenvalue weighted by Crippen LogP contribution is 2.23. The van der Waals surface area contributed by atoms with Crippen LogP contribution in [0.4, 0.5) is 10.8 Å². The zero-order chi connectivity index (χ0) is 20.8. The third kappa shape index (κ3) is 5.55. The molecule has 0 aliphatic rings. The number of rotatable bonds is 8. The Labute approximate surface area is 175 Å². The predicted molar refractivity (Wildman–Crippen MR) is 112 cm³/mol. The Balaban J connectivity index is 1.56. The minimum atomic E-state index is -0.400. The van der Waals surface area contributed by atoms with Gasteiger partial charge in [0.15, 0.2) is 10.3 Å². The number of hydrogen-bond donors (Lipinski definition) is 2. The number of nitrogens with zero attached hydrogens (tertiary/aromatic N) is 4. The molecule has 2 N–H and O–H groups in total. The second-order valence-electron chi connectivity index (χ2n) is 6.00. The van der Waals surface area contributed by atoms with Crippen molar-refractivity contribution in [2.45, 2.75) is 23.8 Å². The van der Waals surface area contributed by atoms with Gasteiger partial charge in [-0.15, -0.1) is 21.5 Å². The monoisotopic (exact) mass is 432 g/mol. The summed E-state index contributed by atoms with van der Waals surface area (Å²) in [6, 6.07) is 7.06. The van der Waals surface area contributed by atoms with Gasteiger partial charge in [-0.1, -0.05) is 11.8 Å². The fraction of sp³-hybridized carbons (Fsp3) is 0.278. The summed E-state index contributed by atoms with van der Waals surface area (Å²) >= 11 is 2.62. The van der Waals surface area contributed by atoms with Gasteiger partial charge in [0.2, 0.25) is 11.8 Å². The molecule has 29 heavy (non-hydrogen) atoms. The quantitative estimate of drug-likeness (QED) is 0.526. The van der Waals surface area contributed by atoms with Crippen molar-refractivity contribution in [2.24, 2.45) is 7.05 Å². The summed E-state index contributed by atoms with van der Waals surface area (Å²) in [5.74, 6) is 0.834. The van der Waals surface area contributed by atoms with E-state index >= 15 is 0 Å². The number of methoxy groups -OCH3 is 1. The maximum Gasteiger partial charge on any atom is 0.239 e. The van der Waals surface area contributed by atoms with E-state index in [1.165, 1.54) is 23.1 Å². The number of carbonyl (C=O) groups is 2. The van der Waals surface area contributed by atoms with Crippen molar-refractivity contribution in [1.82, 2.24) is 19.7 Å². The molecule has 0 saturated heterocycles. The van der Waals surface area contributed by atoms with Gasteiger partial charge in [0.25, 0.3) is 0 Å². The summed E-state index contributed by atoms with van der Waals surface area (Å²) in [6.45, 7) is 1.78. The molecule has 0 spiro atoms. The van der Waals surface area contributed by atoms with E-state index in [-0.39, 0.29) is 18.2 Å². The lowest BCUT2D eigenvalue weighted by atomic mass is 10.3. The molecule has 3 aromatic rings. The smallest absolute Gasteiger partial charge is 0.239 e. The number of aromatic nitrogens is 4. The van der Waals surface area contributed by atoms with Crippen molar-refractivity contribution in [3.63, 3.8) is 0 Å². The van der Waals surface area contributed by atoms with Gasteiger partial charge in [-0.05, 0) is 31.2 Å². The van der Waals surface area contributed by atoms with Gasteiger partial charge < -0.3 is 19.9 Å². The molecular formula is C18H20N6O3S2. The molecule has 9 nitrogen and oxygen atoms in total. The maximum absolute atomic E-state index is 12.3. The average molecular weight is 433 g/mol. The molecule has 0 fully saturated rings. The highest BCUT2D eigenvalue weighted by molar-refractivity contribution is 8.00. The summed E-state index contributed by atoms with van der Waals surface area (Å²) in [4.78, 5) is 28.6. The van der Waals surface area contributed by atoms with Crippen LogP contribution in [0.2, 0.25) is 0 Å². The number of nitrogens with one attached hydrogen (secondary N) is 2. The first-order valence-corrected chi connectivity index (χ1v) is 10.4. The number of benzene rings is 1. The average Bonchev–Trinajstić information content (AvgIpc) is 3.33. The topological polar surface area (TPSA) is 111 Å². The number of amides is 2. The van der Waals surface area contributed by atoms with E-state index in [0.29, 0.717) is 27.5 Å². The fourth-order valence-corrected chi connectivity index (χ4v) is 3.69. The lowest BCUT2D eigenvalue weighted by Crippen LogP contribution is -2.22. The van der Waals surface area contributed by atoms with Gasteiger partial charge in [0.05, 0.1) is 18.8 Å². The van der Waals surface area contributed by atoms with E-state index in [1.54, 1.807) is 61.5 Å². The summed E-state index contributed by atoms with van der Waals surface area (Å²) in [7, 11) is 3.35. The lowest BCUT2D eigenvalue weighted by Gasteiger charge is -2.10. The van der Waals surface area contributed by atoms with Crippen LogP contribution in [0.3, 0.4) is 0 Å². The molecule has 3 rings (SSSR count). The van der Waals surface area contributed by atoms with E-state index in [9.17, 15) is 9.59 Å². The van der Waals surface area contributed by atoms with Crippen molar-refractivity contribution in [3.8, 4) is 5.75 Å². The summed E-state index contributed by atoms with van der Waals surface area (Å²) in [5, 5.41) is 16.2. The molecule has 2 heterocycles. The molecule has 1 aromatic carbocycles. The van der Waals surface area contributed by atoms with Crippen LogP contribution in [0.15, 0.2) is 41.0 Å². The Bertz CT molecular complexity index is 972. The van der Waals surface area contributed by atoms with Crippen LogP contribution in [-0.2, 0) is 23.1 Å². The van der Waals surface area contributed by atoms with Crippen LogP contribution in [0.25, 0.3) is 0 Å². The SMILES string of the molecule is COc1ccc(NC(=O)Cc2nnc(S[C@H](C)C(=O)Nc3nccs3)n2C)cc1. The van der Waals surface area contributed by atoms with Gasteiger partial charge in [-0.2, -0.15) is 0 Å². The van der Waals surface area contributed by atoms with Crippen LogP contribution in [0.1, 0.15) is 12.7 Å². The largest absolute Gasteiger partial charge is 0.497 e. The van der Waals surface area contributed by atoms with Crippen molar-refractivity contribution < 1.29 is 14.3 Å². The number of thiazole rings is 1. The Morgan fingerprint density at radius 3 is 2.66 bits per heavy atom. The molecule has 0 aliphatic heterocycles. The Kier molecular flexibility index (Phi) is 6.83. The first-order valence-electron chi connectivity index (χ1n) is 8.65. The van der Waals surface area contributed by atoms with Gasteiger partial charge in [-0.25, -0.2) is 4.98 Å². The molecule has 0 unspecified atom stereocenters. The zero-order valence-electron chi connectivity index (χ0n) is 16.1. The first kappa shape index (κ1) is 20.8. The molecule has 1 atom stereocenters. The molecule has 152 valence electrons. The minimum Gasteiger partial charge on any atom is -0.497 e. The van der Waals surface area contributed by atoms with Gasteiger partial charge in [0, 0.05) is 24.3 Å². The van der Waals surface area contributed by atoms with Crippen LogP contribution < -0.4 is 15.4 Å². The number of anilines is 2. The van der Waals surface area contributed by atoms with Gasteiger partial charge >= 0.3 is 0 Å². The molecule has 0 radical (unpaired) electrons. The highest BCUT2D eigenvalue weighted by atomic mass is 32.2. The number of ether oxygens (including phenoxy) is 1. The molecule has 11 heteroatoms. The zero-order valence-corrected chi connectivity index (χ0v) is 17.7. The first-order chi connectivity index (χ1) is 14.0. The summed E-state index contributed by atoms with van der Waals surface area (Å²) in [5.41, 5.74) is 0.667. The predicted octanol–water partition coefficient (Wildman–Crippen LogP) is 2.58. The van der Waals surface area contributed by atoms with Crippen molar-refractivity contribution in [1.29, 1.82) is 0 Å². The van der Waals surface area contributed by atoms with Crippen LogP contribution in [-0.4, -0.2) is 43.9 Å². The summed E-state index contributed by atoms with van der Waals surface area (Å²) < 4.78 is 6.81. The van der Waals surface area contributed by atoms with E-state index < -0.39 is 5.25 Å². The van der Waals surface area contributed by atoms with Gasteiger partial charge in [0.1, 0.15) is 11.6 Å². The Morgan fingerprint density at radius 1 is 1.24 bits per heavy atom. The number of carbonyl (C=O) groups excluding carboxylic acids is 2. The van der Waals surface area contributed by atoms with Crippen LogP contribution >= 0.6 is 23.1 Å². The maximum atomic E-state index is 12.3. The van der Waals surface area contributed by atoms with E-state index in [1.807, 2.05) is 0 Å². The minimum absolute atomic E-state index is 0.0653. The fourth-order valence-electron chi connectivity index (χ4n) is 2.33. The second kappa shape index (κ2) is 9.52.